The molecule has 94 valence electrons. The van der Waals surface area contributed by atoms with Crippen molar-refractivity contribution in [2.24, 2.45) is 5.73 Å². The van der Waals surface area contributed by atoms with Crippen molar-refractivity contribution < 1.29 is 0 Å². The predicted molar refractivity (Wildman–Crippen MR) is 68.5 cm³/mol. The Labute approximate surface area is 103 Å². The summed E-state index contributed by atoms with van der Waals surface area (Å²) in [6.45, 7) is 4.15. The summed E-state index contributed by atoms with van der Waals surface area (Å²) in [5.74, 6) is 0. The lowest BCUT2D eigenvalue weighted by Gasteiger charge is -2.39. The van der Waals surface area contributed by atoms with E-state index in [1.807, 2.05) is 6.20 Å². The number of piperidine rings is 1. The average Bonchev–Trinajstić information content (AvgIpc) is 2.40. The number of nitrogens with zero attached hydrogens (tertiary/aromatic N) is 3. The Kier molecular flexibility index (Phi) is 4.45. The van der Waals surface area contributed by atoms with Crippen LogP contribution in [-0.4, -0.2) is 34.0 Å². The Bertz CT molecular complexity index is 325. The van der Waals surface area contributed by atoms with E-state index in [-0.39, 0.29) is 0 Å². The zero-order chi connectivity index (χ0) is 12.1. The Morgan fingerprint density at radius 2 is 2.35 bits per heavy atom. The van der Waals surface area contributed by atoms with Gasteiger partial charge in [0.1, 0.15) is 0 Å². The minimum atomic E-state index is 0.348. The highest BCUT2D eigenvalue weighted by atomic mass is 15.2. The lowest BCUT2D eigenvalue weighted by Crippen LogP contribution is -2.42. The summed E-state index contributed by atoms with van der Waals surface area (Å²) < 4.78 is 0. The predicted octanol–water partition coefficient (Wildman–Crippen LogP) is 1.74. The molecule has 0 amide bonds. The number of rotatable bonds is 4. The van der Waals surface area contributed by atoms with Crippen LogP contribution in [0.25, 0.3) is 0 Å². The quantitative estimate of drug-likeness (QED) is 0.862. The maximum Gasteiger partial charge on any atom is 0.0755 e. The highest BCUT2D eigenvalue weighted by molar-refractivity contribution is 5.02. The average molecular weight is 234 g/mol. The van der Waals surface area contributed by atoms with E-state index in [0.717, 1.165) is 25.2 Å². The van der Waals surface area contributed by atoms with Gasteiger partial charge >= 0.3 is 0 Å². The van der Waals surface area contributed by atoms with E-state index in [4.69, 9.17) is 5.73 Å². The number of nitrogens with two attached hydrogens (primary N) is 1. The van der Waals surface area contributed by atoms with Gasteiger partial charge in [-0.15, -0.1) is 0 Å². The SMILES string of the molecule is CC(c1cnccn1)N1CCCCC1CCN. The van der Waals surface area contributed by atoms with E-state index in [2.05, 4.69) is 21.8 Å². The van der Waals surface area contributed by atoms with Gasteiger partial charge in [-0.25, -0.2) is 0 Å². The summed E-state index contributed by atoms with van der Waals surface area (Å²) in [5.41, 5.74) is 6.77. The van der Waals surface area contributed by atoms with Gasteiger partial charge in [0.25, 0.3) is 0 Å². The molecule has 1 aromatic rings. The monoisotopic (exact) mass is 234 g/mol. The van der Waals surface area contributed by atoms with Crippen LogP contribution in [0.1, 0.15) is 44.3 Å². The van der Waals surface area contributed by atoms with Crippen molar-refractivity contribution in [3.05, 3.63) is 24.3 Å². The van der Waals surface area contributed by atoms with Crippen molar-refractivity contribution in [1.82, 2.24) is 14.9 Å². The maximum absolute atomic E-state index is 5.71. The summed E-state index contributed by atoms with van der Waals surface area (Å²) in [6.07, 6.45) is 10.3. The van der Waals surface area contributed by atoms with Crippen LogP contribution >= 0.6 is 0 Å². The van der Waals surface area contributed by atoms with Gasteiger partial charge < -0.3 is 5.73 Å². The summed E-state index contributed by atoms with van der Waals surface area (Å²) in [7, 11) is 0. The van der Waals surface area contributed by atoms with Crippen LogP contribution in [-0.2, 0) is 0 Å². The van der Waals surface area contributed by atoms with E-state index < -0.39 is 0 Å². The van der Waals surface area contributed by atoms with Gasteiger partial charge in [-0.1, -0.05) is 6.42 Å². The molecule has 1 saturated heterocycles. The van der Waals surface area contributed by atoms with E-state index in [9.17, 15) is 0 Å². The van der Waals surface area contributed by atoms with Gasteiger partial charge in [0, 0.05) is 24.6 Å². The summed E-state index contributed by atoms with van der Waals surface area (Å²) in [6, 6.07) is 0.964. The Balaban J connectivity index is 2.08. The molecule has 4 heteroatoms. The minimum absolute atomic E-state index is 0.348. The molecule has 2 rings (SSSR count). The third kappa shape index (κ3) is 3.01. The van der Waals surface area contributed by atoms with E-state index in [1.165, 1.54) is 19.3 Å². The molecule has 1 aliphatic heterocycles. The van der Waals surface area contributed by atoms with Crippen molar-refractivity contribution in [3.8, 4) is 0 Å². The first-order valence-electron chi connectivity index (χ1n) is 6.54. The molecule has 2 heterocycles. The van der Waals surface area contributed by atoms with Gasteiger partial charge in [-0.2, -0.15) is 0 Å². The molecule has 1 aromatic heterocycles. The smallest absolute Gasteiger partial charge is 0.0755 e. The fourth-order valence-corrected chi connectivity index (χ4v) is 2.73. The molecule has 2 atom stereocenters. The molecule has 1 fully saturated rings. The van der Waals surface area contributed by atoms with Gasteiger partial charge in [-0.05, 0) is 39.3 Å². The van der Waals surface area contributed by atoms with Gasteiger partial charge in [0.15, 0.2) is 0 Å². The highest BCUT2D eigenvalue weighted by Crippen LogP contribution is 2.28. The highest BCUT2D eigenvalue weighted by Gasteiger charge is 2.27. The first-order chi connectivity index (χ1) is 8.33. The van der Waals surface area contributed by atoms with Crippen molar-refractivity contribution in [1.29, 1.82) is 0 Å². The molecule has 1 aliphatic rings. The van der Waals surface area contributed by atoms with Crippen LogP contribution in [0, 0.1) is 0 Å². The Hall–Kier alpha value is -1.00. The van der Waals surface area contributed by atoms with Gasteiger partial charge in [0.2, 0.25) is 0 Å². The third-order valence-electron chi connectivity index (χ3n) is 3.68. The van der Waals surface area contributed by atoms with E-state index in [1.54, 1.807) is 12.4 Å². The lowest BCUT2D eigenvalue weighted by atomic mass is 9.97. The van der Waals surface area contributed by atoms with E-state index in [0.29, 0.717) is 12.1 Å². The summed E-state index contributed by atoms with van der Waals surface area (Å²) >= 11 is 0. The number of hydrogen-bond acceptors (Lipinski definition) is 4. The van der Waals surface area contributed by atoms with Crippen LogP contribution < -0.4 is 5.73 Å². The molecule has 2 N–H and O–H groups in total. The number of likely N-dealkylation sites (tertiary alicyclic amines) is 1. The largest absolute Gasteiger partial charge is 0.330 e. The molecule has 0 radical (unpaired) electrons. The zero-order valence-corrected chi connectivity index (χ0v) is 10.5. The molecule has 0 aromatic carbocycles. The van der Waals surface area contributed by atoms with Crippen LogP contribution in [0.5, 0.6) is 0 Å². The van der Waals surface area contributed by atoms with Gasteiger partial charge in [-0.3, -0.25) is 14.9 Å². The van der Waals surface area contributed by atoms with Crippen LogP contribution in [0.2, 0.25) is 0 Å². The number of aromatic nitrogens is 2. The standard InChI is InChI=1S/C13H22N4/c1-11(13-10-15-7-8-16-13)17-9-3-2-4-12(17)5-6-14/h7-8,10-12H,2-6,9,14H2,1H3. The van der Waals surface area contributed by atoms with Crippen LogP contribution in [0.4, 0.5) is 0 Å². The second kappa shape index (κ2) is 6.07. The van der Waals surface area contributed by atoms with Crippen molar-refractivity contribution in [2.45, 2.75) is 44.7 Å². The number of hydrogen-bond donors (Lipinski definition) is 1. The lowest BCUT2D eigenvalue weighted by molar-refractivity contribution is 0.0962. The van der Waals surface area contributed by atoms with E-state index >= 15 is 0 Å². The molecule has 2 unspecified atom stereocenters. The molecule has 0 saturated carbocycles. The molecule has 0 spiro atoms. The molecule has 4 nitrogen and oxygen atoms in total. The van der Waals surface area contributed by atoms with Crippen molar-refractivity contribution >= 4 is 0 Å². The summed E-state index contributed by atoms with van der Waals surface area (Å²) in [5, 5.41) is 0. The fourth-order valence-electron chi connectivity index (χ4n) is 2.73. The van der Waals surface area contributed by atoms with Crippen molar-refractivity contribution in [3.63, 3.8) is 0 Å². The third-order valence-corrected chi connectivity index (χ3v) is 3.68. The molecule has 0 bridgehead atoms. The first-order valence-corrected chi connectivity index (χ1v) is 6.54. The normalized spacial score (nSPS) is 23.5. The topological polar surface area (TPSA) is 55.0 Å². The van der Waals surface area contributed by atoms with Crippen molar-refractivity contribution in [2.75, 3.05) is 13.1 Å². The fraction of sp³-hybridized carbons (Fsp3) is 0.692. The molecular weight excluding hydrogens is 212 g/mol. The maximum atomic E-state index is 5.71. The minimum Gasteiger partial charge on any atom is -0.330 e. The zero-order valence-electron chi connectivity index (χ0n) is 10.5. The van der Waals surface area contributed by atoms with Crippen LogP contribution in [0.15, 0.2) is 18.6 Å². The Morgan fingerprint density at radius 1 is 1.47 bits per heavy atom. The summed E-state index contributed by atoms with van der Waals surface area (Å²) in [4.78, 5) is 11.1. The second-order valence-corrected chi connectivity index (χ2v) is 4.77. The van der Waals surface area contributed by atoms with Gasteiger partial charge in [0.05, 0.1) is 11.7 Å². The Morgan fingerprint density at radius 3 is 3.06 bits per heavy atom. The molecule has 17 heavy (non-hydrogen) atoms. The first kappa shape index (κ1) is 12.5. The van der Waals surface area contributed by atoms with Crippen LogP contribution in [0.3, 0.4) is 0 Å². The molecule has 0 aliphatic carbocycles. The molecular formula is C13H22N4. The second-order valence-electron chi connectivity index (χ2n) is 4.77.